The van der Waals surface area contributed by atoms with Crippen LogP contribution < -0.4 is 32.5 Å². The van der Waals surface area contributed by atoms with Crippen molar-refractivity contribution in [3.05, 3.63) is 101 Å². The van der Waals surface area contributed by atoms with Gasteiger partial charge >= 0.3 is 0 Å². The molecule has 0 aliphatic carbocycles. The molecule has 0 saturated carbocycles. The molecular formula is C31H32BrClN4O3. The Bertz CT molecular complexity index is 1460. The average Bonchev–Trinajstić information content (AvgIpc) is 2.94. The molecule has 3 amide bonds. The van der Waals surface area contributed by atoms with E-state index in [0.29, 0.717) is 5.56 Å². The molecule has 3 aromatic carbocycles. The highest BCUT2D eigenvalue weighted by Gasteiger charge is 2.21. The Hall–Kier alpha value is -3.75. The zero-order chi connectivity index (χ0) is 27.6. The van der Waals surface area contributed by atoms with Gasteiger partial charge in [-0.25, -0.2) is 4.57 Å². The fraction of sp³-hybridized carbons (Fsp3) is 0.226. The molecule has 0 spiro atoms. The Kier molecular flexibility index (Phi) is 11.7. The number of benzene rings is 3. The fourth-order valence-corrected chi connectivity index (χ4v) is 4.89. The maximum absolute atomic E-state index is 13.5. The molecule has 0 radical (unpaired) electrons. The summed E-state index contributed by atoms with van der Waals surface area (Å²) >= 11 is 3.51. The number of nitrogens with zero attached hydrogens (tertiary/aromatic N) is 2. The number of rotatable bonds is 11. The molecule has 0 bridgehead atoms. The third-order valence-corrected chi connectivity index (χ3v) is 6.66. The summed E-state index contributed by atoms with van der Waals surface area (Å²) in [5, 5.41) is 7.75. The predicted octanol–water partition coefficient (Wildman–Crippen LogP) is 2.49. The van der Waals surface area contributed by atoms with E-state index in [1.807, 2.05) is 89.8 Å². The second-order valence-electron chi connectivity index (χ2n) is 9.20. The lowest BCUT2D eigenvalue weighted by Crippen LogP contribution is -3.00. The van der Waals surface area contributed by atoms with Crippen LogP contribution in [0, 0.1) is 0 Å². The van der Waals surface area contributed by atoms with Gasteiger partial charge in [0.1, 0.15) is 12.1 Å². The minimum absolute atomic E-state index is 0. The van der Waals surface area contributed by atoms with Gasteiger partial charge in [0.2, 0.25) is 11.8 Å². The van der Waals surface area contributed by atoms with Crippen LogP contribution in [0.1, 0.15) is 36.5 Å². The summed E-state index contributed by atoms with van der Waals surface area (Å²) in [4.78, 5) is 40.2. The van der Waals surface area contributed by atoms with Crippen LogP contribution in [0.5, 0.6) is 0 Å². The SMILES string of the molecule is CCC[n+]1cc(Br)cc(C(=O)N(CCNC(=O)CCC(=O)Nc2cccc3ccccc23)c2ccccc2)c1.[Cl-]. The largest absolute Gasteiger partial charge is 1.00 e. The fourth-order valence-electron chi connectivity index (χ4n) is 4.38. The number of hydrogen-bond donors (Lipinski definition) is 2. The Morgan fingerprint density at radius 1 is 0.875 bits per heavy atom. The van der Waals surface area contributed by atoms with Crippen LogP contribution in [0.15, 0.2) is 95.7 Å². The van der Waals surface area contributed by atoms with E-state index in [2.05, 4.69) is 33.5 Å². The van der Waals surface area contributed by atoms with E-state index in [4.69, 9.17) is 0 Å². The summed E-state index contributed by atoms with van der Waals surface area (Å²) in [6.45, 7) is 3.43. The van der Waals surface area contributed by atoms with Crippen molar-refractivity contribution in [2.75, 3.05) is 23.3 Å². The number of nitrogens with one attached hydrogen (secondary N) is 2. The summed E-state index contributed by atoms with van der Waals surface area (Å²) in [6, 6.07) is 24.7. The van der Waals surface area contributed by atoms with Crippen molar-refractivity contribution in [3.8, 4) is 0 Å². The van der Waals surface area contributed by atoms with Crippen molar-refractivity contribution in [2.45, 2.75) is 32.7 Å². The summed E-state index contributed by atoms with van der Waals surface area (Å²) < 4.78 is 2.82. The summed E-state index contributed by atoms with van der Waals surface area (Å²) in [5.74, 6) is -0.625. The average molecular weight is 624 g/mol. The lowest BCUT2D eigenvalue weighted by Gasteiger charge is -2.23. The van der Waals surface area contributed by atoms with Crippen molar-refractivity contribution in [1.82, 2.24) is 5.32 Å². The van der Waals surface area contributed by atoms with Crippen molar-refractivity contribution in [1.29, 1.82) is 0 Å². The molecule has 40 heavy (non-hydrogen) atoms. The summed E-state index contributed by atoms with van der Waals surface area (Å²) in [5.41, 5.74) is 2.02. The Morgan fingerprint density at radius 2 is 1.57 bits per heavy atom. The quantitative estimate of drug-likeness (QED) is 0.252. The molecule has 7 nitrogen and oxygen atoms in total. The first-order valence-electron chi connectivity index (χ1n) is 13.1. The maximum Gasteiger partial charge on any atom is 0.264 e. The number of amides is 3. The van der Waals surface area contributed by atoms with Gasteiger partial charge < -0.3 is 27.9 Å². The number of anilines is 2. The van der Waals surface area contributed by atoms with Crippen molar-refractivity contribution >= 4 is 55.8 Å². The first-order chi connectivity index (χ1) is 18.9. The maximum atomic E-state index is 13.5. The third kappa shape index (κ3) is 8.37. The number of hydrogen-bond acceptors (Lipinski definition) is 3. The first kappa shape index (κ1) is 30.8. The van der Waals surface area contributed by atoms with E-state index in [1.54, 1.807) is 11.0 Å². The van der Waals surface area contributed by atoms with Crippen LogP contribution in [0.2, 0.25) is 0 Å². The number of carbonyl (C=O) groups excluding carboxylic acids is 3. The monoisotopic (exact) mass is 622 g/mol. The van der Waals surface area contributed by atoms with Gasteiger partial charge in [0.15, 0.2) is 12.4 Å². The zero-order valence-electron chi connectivity index (χ0n) is 22.3. The Morgan fingerprint density at radius 3 is 2.35 bits per heavy atom. The van der Waals surface area contributed by atoms with Crippen LogP contribution in [-0.2, 0) is 16.1 Å². The number of para-hydroxylation sites is 1. The number of pyridine rings is 1. The molecule has 2 N–H and O–H groups in total. The third-order valence-electron chi connectivity index (χ3n) is 6.23. The molecule has 0 fully saturated rings. The van der Waals surface area contributed by atoms with Crippen molar-refractivity contribution in [3.63, 3.8) is 0 Å². The lowest BCUT2D eigenvalue weighted by molar-refractivity contribution is -0.697. The van der Waals surface area contributed by atoms with E-state index in [0.717, 1.165) is 39.6 Å². The molecule has 4 aromatic rings. The van der Waals surface area contributed by atoms with Gasteiger partial charge in [-0.05, 0) is 45.6 Å². The van der Waals surface area contributed by atoms with Crippen LogP contribution in [0.25, 0.3) is 10.8 Å². The van der Waals surface area contributed by atoms with Gasteiger partial charge in [-0.15, -0.1) is 0 Å². The van der Waals surface area contributed by atoms with E-state index in [1.165, 1.54) is 0 Å². The number of aryl methyl sites for hydroxylation is 1. The van der Waals surface area contributed by atoms with Gasteiger partial charge in [-0.3, -0.25) is 14.4 Å². The summed E-state index contributed by atoms with van der Waals surface area (Å²) in [7, 11) is 0. The standard InChI is InChI=1S/C31H31BrN4O3.ClH/c1-2-18-35-21-24(20-25(32)22-35)31(39)36(26-11-4-3-5-12-26)19-17-33-29(37)15-16-30(38)34-28-14-8-10-23-9-6-7-13-27(23)28;/h3-14,20-22H,2,15-19H2,1H3,(H-,33,34,37,38);1H. The van der Waals surface area contributed by atoms with Gasteiger partial charge in [-0.2, -0.15) is 0 Å². The van der Waals surface area contributed by atoms with Crippen LogP contribution in [0.4, 0.5) is 11.4 Å². The molecular weight excluding hydrogens is 592 g/mol. The molecule has 9 heteroatoms. The normalized spacial score (nSPS) is 10.4. The molecule has 0 atom stereocenters. The molecule has 0 unspecified atom stereocenters. The molecule has 0 saturated heterocycles. The van der Waals surface area contributed by atoms with E-state index >= 15 is 0 Å². The minimum atomic E-state index is -0.244. The van der Waals surface area contributed by atoms with E-state index in [-0.39, 0.29) is 56.1 Å². The Labute approximate surface area is 249 Å². The molecule has 4 rings (SSSR count). The van der Waals surface area contributed by atoms with Crippen LogP contribution >= 0.6 is 15.9 Å². The smallest absolute Gasteiger partial charge is 0.264 e. The second-order valence-corrected chi connectivity index (χ2v) is 10.1. The molecule has 1 heterocycles. The topological polar surface area (TPSA) is 82.4 Å². The van der Waals surface area contributed by atoms with Gasteiger partial charge in [0, 0.05) is 49.1 Å². The highest BCUT2D eigenvalue weighted by Crippen LogP contribution is 2.23. The van der Waals surface area contributed by atoms with Crippen molar-refractivity contribution < 1.29 is 31.4 Å². The molecule has 1 aromatic heterocycles. The van der Waals surface area contributed by atoms with Gasteiger partial charge in [0.25, 0.3) is 5.91 Å². The molecule has 0 aliphatic rings. The second kappa shape index (κ2) is 15.1. The van der Waals surface area contributed by atoms with Crippen molar-refractivity contribution in [2.24, 2.45) is 0 Å². The Balaban J connectivity index is 0.00000441. The lowest BCUT2D eigenvalue weighted by atomic mass is 10.1. The van der Waals surface area contributed by atoms with E-state index < -0.39 is 0 Å². The van der Waals surface area contributed by atoms with Gasteiger partial charge in [-0.1, -0.05) is 61.5 Å². The minimum Gasteiger partial charge on any atom is -1.00 e. The molecule has 208 valence electrons. The predicted molar refractivity (Wildman–Crippen MR) is 158 cm³/mol. The number of fused-ring (bicyclic) bond motifs is 1. The highest BCUT2D eigenvalue weighted by molar-refractivity contribution is 9.10. The van der Waals surface area contributed by atoms with Crippen LogP contribution in [0.3, 0.4) is 0 Å². The number of halogens is 2. The first-order valence-corrected chi connectivity index (χ1v) is 13.8. The van der Waals surface area contributed by atoms with E-state index in [9.17, 15) is 14.4 Å². The summed E-state index contributed by atoms with van der Waals surface area (Å²) in [6.07, 6.45) is 4.86. The highest BCUT2D eigenvalue weighted by atomic mass is 79.9. The zero-order valence-corrected chi connectivity index (χ0v) is 24.6. The number of carbonyl (C=O) groups is 3. The number of aromatic nitrogens is 1. The van der Waals surface area contributed by atoms with Crippen LogP contribution in [-0.4, -0.2) is 30.8 Å². The van der Waals surface area contributed by atoms with Gasteiger partial charge in [0.05, 0.1) is 4.47 Å². The molecule has 0 aliphatic heterocycles.